The van der Waals surface area contributed by atoms with Crippen LogP contribution in [0.3, 0.4) is 0 Å². The lowest BCUT2D eigenvalue weighted by Gasteiger charge is -2.19. The van der Waals surface area contributed by atoms with Gasteiger partial charge in [0.25, 0.3) is 0 Å². The quantitative estimate of drug-likeness (QED) is 0.743. The van der Waals surface area contributed by atoms with E-state index in [0.717, 1.165) is 12.1 Å². The Morgan fingerprint density at radius 3 is 2.28 bits per heavy atom. The van der Waals surface area contributed by atoms with Crippen molar-refractivity contribution in [2.45, 2.75) is 38.2 Å². The fourth-order valence-corrected chi connectivity index (χ4v) is 2.66. The average Bonchev–Trinajstić information content (AvgIpc) is 2.27. The molecule has 100 valence electrons. The monoisotopic (exact) mass is 272 g/mol. The number of benzene rings is 1. The van der Waals surface area contributed by atoms with Gasteiger partial charge in [0.2, 0.25) is 0 Å². The lowest BCUT2D eigenvalue weighted by atomic mass is 10.1. The van der Waals surface area contributed by atoms with Crippen molar-refractivity contribution in [3.8, 4) is 0 Å². The maximum absolute atomic E-state index is 13.5. The Kier molecular flexibility index (Phi) is 5.32. The van der Waals surface area contributed by atoms with Gasteiger partial charge in [-0.1, -0.05) is 20.8 Å². The predicted octanol–water partition coefficient (Wildman–Crippen LogP) is 4.31. The summed E-state index contributed by atoms with van der Waals surface area (Å²) in [7, 11) is 0. The van der Waals surface area contributed by atoms with Gasteiger partial charge in [-0.15, -0.1) is 11.8 Å². The van der Waals surface area contributed by atoms with Crippen LogP contribution in [0.2, 0.25) is 0 Å². The lowest BCUT2D eigenvalue weighted by molar-refractivity contribution is 0.0990. The first-order chi connectivity index (χ1) is 8.32. The summed E-state index contributed by atoms with van der Waals surface area (Å²) in [4.78, 5) is 12.1. The van der Waals surface area contributed by atoms with Crippen molar-refractivity contribution in [2.75, 3.05) is 0 Å². The number of ketones is 1. The Balaban J connectivity index is 2.80. The average molecular weight is 272 g/mol. The molecule has 2 atom stereocenters. The van der Waals surface area contributed by atoms with Crippen LogP contribution in [0.1, 0.15) is 38.1 Å². The second-order valence-electron chi connectivity index (χ2n) is 4.72. The highest BCUT2D eigenvalue weighted by molar-refractivity contribution is 8.01. The van der Waals surface area contributed by atoms with Gasteiger partial charge in [0.1, 0.15) is 11.6 Å². The highest BCUT2D eigenvalue weighted by Crippen LogP contribution is 2.26. The summed E-state index contributed by atoms with van der Waals surface area (Å²) in [6, 6.07) is 3.07. The zero-order chi connectivity index (χ0) is 13.9. The number of hydrogen-bond acceptors (Lipinski definition) is 2. The van der Waals surface area contributed by atoms with E-state index in [4.69, 9.17) is 0 Å². The van der Waals surface area contributed by atoms with Crippen molar-refractivity contribution in [1.82, 2.24) is 0 Å². The van der Waals surface area contributed by atoms with E-state index in [1.807, 2.05) is 6.92 Å². The highest BCUT2D eigenvalue weighted by Gasteiger charge is 2.22. The number of carbonyl (C=O) groups is 1. The van der Waals surface area contributed by atoms with Gasteiger partial charge in [0.05, 0.1) is 10.8 Å². The number of carbonyl (C=O) groups excluding carboxylic acids is 1. The Labute approximate surface area is 111 Å². The zero-order valence-corrected chi connectivity index (χ0v) is 11.9. The molecule has 0 bridgehead atoms. The molecule has 1 nitrogen and oxygen atoms in total. The third-order valence-corrected chi connectivity index (χ3v) is 4.52. The third kappa shape index (κ3) is 3.80. The molecule has 18 heavy (non-hydrogen) atoms. The van der Waals surface area contributed by atoms with Crippen LogP contribution in [0.5, 0.6) is 0 Å². The van der Waals surface area contributed by atoms with Crippen LogP contribution >= 0.6 is 11.8 Å². The van der Waals surface area contributed by atoms with Gasteiger partial charge in [-0.25, -0.2) is 8.78 Å². The van der Waals surface area contributed by atoms with Gasteiger partial charge in [0, 0.05) is 11.3 Å². The van der Waals surface area contributed by atoms with Gasteiger partial charge < -0.3 is 0 Å². The van der Waals surface area contributed by atoms with Crippen LogP contribution in [-0.2, 0) is 0 Å². The SMILES string of the molecule is CC(SC(C)C(C)C)C(=O)c1ccc(F)cc1F. The topological polar surface area (TPSA) is 17.1 Å². The molecule has 1 rings (SSSR count). The Morgan fingerprint density at radius 2 is 1.78 bits per heavy atom. The zero-order valence-electron chi connectivity index (χ0n) is 11.0. The summed E-state index contributed by atoms with van der Waals surface area (Å²) in [5, 5.41) is -0.0187. The summed E-state index contributed by atoms with van der Waals surface area (Å²) < 4.78 is 26.3. The fraction of sp³-hybridized carbons (Fsp3) is 0.500. The Hall–Kier alpha value is -0.900. The van der Waals surface area contributed by atoms with E-state index in [9.17, 15) is 13.6 Å². The summed E-state index contributed by atoms with van der Waals surface area (Å²) in [5.74, 6) is -1.29. The number of hydrogen-bond donors (Lipinski definition) is 0. The first kappa shape index (κ1) is 15.2. The third-order valence-electron chi connectivity index (χ3n) is 2.92. The molecule has 0 aliphatic carbocycles. The van der Waals surface area contributed by atoms with Gasteiger partial charge in [0.15, 0.2) is 5.78 Å². The predicted molar refractivity (Wildman–Crippen MR) is 72.0 cm³/mol. The van der Waals surface area contributed by atoms with Crippen LogP contribution in [0.25, 0.3) is 0 Å². The summed E-state index contributed by atoms with van der Waals surface area (Å²) in [6.07, 6.45) is 0. The first-order valence-electron chi connectivity index (χ1n) is 5.97. The molecular weight excluding hydrogens is 254 g/mol. The van der Waals surface area contributed by atoms with E-state index in [1.165, 1.54) is 17.8 Å². The Bertz CT molecular complexity index is 432. The minimum absolute atomic E-state index is 0.0349. The molecule has 4 heteroatoms. The number of rotatable bonds is 5. The van der Waals surface area contributed by atoms with Crippen LogP contribution in [-0.4, -0.2) is 16.3 Å². The molecule has 1 aromatic carbocycles. The summed E-state index contributed by atoms with van der Waals surface area (Å²) >= 11 is 1.51. The van der Waals surface area contributed by atoms with E-state index >= 15 is 0 Å². The van der Waals surface area contributed by atoms with Crippen LogP contribution < -0.4 is 0 Å². The van der Waals surface area contributed by atoms with Crippen molar-refractivity contribution in [3.63, 3.8) is 0 Å². The molecule has 0 aliphatic rings. The minimum atomic E-state index is -0.787. The van der Waals surface area contributed by atoms with E-state index in [2.05, 4.69) is 13.8 Å². The molecule has 0 aliphatic heterocycles. The standard InChI is InChI=1S/C14H18F2OS/c1-8(2)9(3)18-10(4)14(17)12-6-5-11(15)7-13(12)16/h5-10H,1-4H3. The molecule has 0 heterocycles. The molecule has 0 fully saturated rings. The molecule has 0 N–H and O–H groups in total. The van der Waals surface area contributed by atoms with E-state index in [0.29, 0.717) is 11.2 Å². The largest absolute Gasteiger partial charge is 0.293 e. The lowest BCUT2D eigenvalue weighted by Crippen LogP contribution is -2.20. The van der Waals surface area contributed by atoms with E-state index in [1.54, 1.807) is 6.92 Å². The van der Waals surface area contributed by atoms with Crippen LogP contribution in [0.15, 0.2) is 18.2 Å². The summed E-state index contributed by atoms with van der Waals surface area (Å²) in [5.41, 5.74) is -0.0349. The van der Waals surface area contributed by atoms with Crippen molar-refractivity contribution in [3.05, 3.63) is 35.4 Å². The normalized spacial score (nSPS) is 14.6. The van der Waals surface area contributed by atoms with Crippen molar-refractivity contribution < 1.29 is 13.6 Å². The van der Waals surface area contributed by atoms with Gasteiger partial charge in [-0.2, -0.15) is 0 Å². The molecule has 0 saturated heterocycles. The van der Waals surface area contributed by atoms with Crippen molar-refractivity contribution in [1.29, 1.82) is 0 Å². The fourth-order valence-electron chi connectivity index (χ4n) is 1.45. The molecule has 0 spiro atoms. The molecule has 2 unspecified atom stereocenters. The smallest absolute Gasteiger partial charge is 0.178 e. The van der Waals surface area contributed by atoms with Crippen molar-refractivity contribution >= 4 is 17.5 Å². The number of thioether (sulfide) groups is 1. The van der Waals surface area contributed by atoms with Gasteiger partial charge >= 0.3 is 0 Å². The van der Waals surface area contributed by atoms with Gasteiger partial charge in [-0.05, 0) is 25.0 Å². The number of halogens is 2. The molecule has 0 aromatic heterocycles. The van der Waals surface area contributed by atoms with E-state index in [-0.39, 0.29) is 16.6 Å². The summed E-state index contributed by atoms with van der Waals surface area (Å²) in [6.45, 7) is 7.95. The molecular formula is C14H18F2OS. The maximum atomic E-state index is 13.5. The Morgan fingerprint density at radius 1 is 1.17 bits per heavy atom. The molecule has 0 amide bonds. The van der Waals surface area contributed by atoms with Crippen molar-refractivity contribution in [2.24, 2.45) is 5.92 Å². The molecule has 0 radical (unpaired) electrons. The maximum Gasteiger partial charge on any atom is 0.178 e. The minimum Gasteiger partial charge on any atom is -0.293 e. The molecule has 0 saturated carbocycles. The number of Topliss-reactive ketones (excluding diaryl/α,β-unsaturated/α-hetero) is 1. The van der Waals surface area contributed by atoms with Crippen LogP contribution in [0.4, 0.5) is 8.78 Å². The van der Waals surface area contributed by atoms with Gasteiger partial charge in [-0.3, -0.25) is 4.79 Å². The highest BCUT2D eigenvalue weighted by atomic mass is 32.2. The molecule has 1 aromatic rings. The van der Waals surface area contributed by atoms with Crippen LogP contribution in [0, 0.1) is 17.6 Å². The second-order valence-corrected chi connectivity index (χ2v) is 6.44. The second kappa shape index (κ2) is 6.32. The van der Waals surface area contributed by atoms with E-state index < -0.39 is 11.6 Å². The first-order valence-corrected chi connectivity index (χ1v) is 6.92.